The highest BCUT2D eigenvalue weighted by Gasteiger charge is 2.11. The van der Waals surface area contributed by atoms with Crippen LogP contribution in [-0.2, 0) is 4.74 Å². The summed E-state index contributed by atoms with van der Waals surface area (Å²) in [4.78, 5) is 2.05. The smallest absolute Gasteiger partial charge is 0.0900 e. The summed E-state index contributed by atoms with van der Waals surface area (Å²) in [6.45, 7) is 8.57. The number of ether oxygens (including phenoxy) is 1. The Kier molecular flexibility index (Phi) is 9.00. The predicted molar refractivity (Wildman–Crippen MR) is 60.9 cm³/mol. The lowest BCUT2D eigenvalue weighted by Gasteiger charge is -2.24. The minimum absolute atomic E-state index is 0.137. The molecule has 0 rings (SSSR count). The summed E-state index contributed by atoms with van der Waals surface area (Å²) in [6, 6.07) is 0. The molecule has 4 nitrogen and oxygen atoms in total. The number of nitrogens with zero attached hydrogens (tertiary/aromatic N) is 1. The van der Waals surface area contributed by atoms with Crippen LogP contribution >= 0.6 is 0 Å². The van der Waals surface area contributed by atoms with Gasteiger partial charge in [-0.15, -0.1) is 0 Å². The first kappa shape index (κ1) is 14.8. The molecule has 0 aliphatic carbocycles. The summed E-state index contributed by atoms with van der Waals surface area (Å²) < 4.78 is 5.32. The fourth-order valence-electron chi connectivity index (χ4n) is 1.41. The van der Waals surface area contributed by atoms with Gasteiger partial charge in [0.15, 0.2) is 0 Å². The van der Waals surface area contributed by atoms with E-state index >= 15 is 0 Å². The zero-order valence-corrected chi connectivity index (χ0v) is 10.1. The van der Waals surface area contributed by atoms with Crippen LogP contribution in [0.15, 0.2) is 0 Å². The van der Waals surface area contributed by atoms with E-state index in [1.54, 1.807) is 0 Å². The van der Waals surface area contributed by atoms with Gasteiger partial charge >= 0.3 is 0 Å². The molecule has 0 saturated heterocycles. The lowest BCUT2D eigenvalue weighted by Crippen LogP contribution is -2.37. The van der Waals surface area contributed by atoms with Crippen molar-refractivity contribution in [2.24, 2.45) is 0 Å². The van der Waals surface area contributed by atoms with E-state index in [-0.39, 0.29) is 12.7 Å². The van der Waals surface area contributed by atoms with Crippen LogP contribution < -0.4 is 0 Å². The van der Waals surface area contributed by atoms with E-state index in [0.29, 0.717) is 19.7 Å². The molecule has 0 aromatic heterocycles. The number of hydrogen-bond donors (Lipinski definition) is 2. The first-order valence-electron chi connectivity index (χ1n) is 5.73. The molecule has 0 radical (unpaired) electrons. The van der Waals surface area contributed by atoms with E-state index in [0.717, 1.165) is 13.0 Å². The van der Waals surface area contributed by atoms with Gasteiger partial charge in [-0.3, -0.25) is 4.90 Å². The van der Waals surface area contributed by atoms with Crippen LogP contribution in [-0.4, -0.2) is 60.2 Å². The fourth-order valence-corrected chi connectivity index (χ4v) is 1.41. The van der Waals surface area contributed by atoms with E-state index in [9.17, 15) is 5.11 Å². The summed E-state index contributed by atoms with van der Waals surface area (Å²) >= 11 is 0. The fraction of sp³-hybridized carbons (Fsp3) is 1.00. The van der Waals surface area contributed by atoms with Crippen LogP contribution in [0.3, 0.4) is 0 Å². The molecule has 0 saturated carbocycles. The molecule has 4 heteroatoms. The summed E-state index contributed by atoms with van der Waals surface area (Å²) in [6.07, 6.45) is 0.709. The lowest BCUT2D eigenvalue weighted by molar-refractivity contribution is -0.0100. The molecule has 0 aliphatic heterocycles. The lowest BCUT2D eigenvalue weighted by atomic mass is 10.3. The van der Waals surface area contributed by atoms with Gasteiger partial charge in [-0.2, -0.15) is 0 Å². The van der Waals surface area contributed by atoms with Crippen molar-refractivity contribution in [1.29, 1.82) is 0 Å². The maximum atomic E-state index is 9.67. The van der Waals surface area contributed by atoms with E-state index in [1.807, 2.05) is 18.7 Å². The molecular formula is C11H25NO3. The van der Waals surface area contributed by atoms with Crippen molar-refractivity contribution in [3.8, 4) is 0 Å². The maximum Gasteiger partial charge on any atom is 0.0900 e. The van der Waals surface area contributed by atoms with Crippen LogP contribution in [0.5, 0.6) is 0 Å². The Morgan fingerprint density at radius 2 is 1.93 bits per heavy atom. The topological polar surface area (TPSA) is 52.9 Å². The van der Waals surface area contributed by atoms with Crippen molar-refractivity contribution in [1.82, 2.24) is 4.90 Å². The van der Waals surface area contributed by atoms with Crippen LogP contribution in [0.4, 0.5) is 0 Å². The zero-order chi connectivity index (χ0) is 11.7. The molecule has 1 atom stereocenters. The predicted octanol–water partition coefficient (Wildman–Crippen LogP) is 0.477. The summed E-state index contributed by atoms with van der Waals surface area (Å²) in [5.74, 6) is 0. The molecule has 0 unspecified atom stereocenters. The van der Waals surface area contributed by atoms with Crippen LogP contribution in [0, 0.1) is 0 Å². The largest absolute Gasteiger partial charge is 0.395 e. The molecule has 0 amide bonds. The Bertz CT molecular complexity index is 136. The highest BCUT2D eigenvalue weighted by atomic mass is 16.5. The average molecular weight is 219 g/mol. The Hall–Kier alpha value is -0.160. The zero-order valence-electron chi connectivity index (χ0n) is 10.1. The minimum atomic E-state index is -0.467. The quantitative estimate of drug-likeness (QED) is 0.592. The van der Waals surface area contributed by atoms with E-state index < -0.39 is 6.10 Å². The number of aliphatic hydroxyl groups excluding tert-OH is 2. The van der Waals surface area contributed by atoms with Gasteiger partial charge in [-0.1, -0.05) is 6.92 Å². The number of hydrogen-bond acceptors (Lipinski definition) is 4. The van der Waals surface area contributed by atoms with Crippen LogP contribution in [0.1, 0.15) is 27.2 Å². The Morgan fingerprint density at radius 3 is 2.40 bits per heavy atom. The molecule has 0 aromatic carbocycles. The Balaban J connectivity index is 3.72. The van der Waals surface area contributed by atoms with Crippen molar-refractivity contribution in [2.45, 2.75) is 39.4 Å². The summed E-state index contributed by atoms with van der Waals surface area (Å²) in [5, 5.41) is 18.5. The molecule has 92 valence electrons. The molecule has 0 aliphatic rings. The second-order valence-electron chi connectivity index (χ2n) is 4.06. The number of aliphatic hydroxyl groups is 2. The molecule has 2 N–H and O–H groups in total. The molecule has 0 aromatic rings. The highest BCUT2D eigenvalue weighted by molar-refractivity contribution is 4.64. The van der Waals surface area contributed by atoms with Gasteiger partial charge in [-0.05, 0) is 26.8 Å². The normalized spacial score (nSPS) is 13.8. The third-order valence-corrected chi connectivity index (χ3v) is 2.05. The van der Waals surface area contributed by atoms with Crippen molar-refractivity contribution in [2.75, 3.05) is 32.8 Å². The first-order valence-corrected chi connectivity index (χ1v) is 5.73. The van der Waals surface area contributed by atoms with Gasteiger partial charge in [-0.25, -0.2) is 0 Å². The molecule has 0 spiro atoms. The second-order valence-corrected chi connectivity index (χ2v) is 4.06. The van der Waals surface area contributed by atoms with Crippen molar-refractivity contribution < 1.29 is 14.9 Å². The molecule has 0 heterocycles. The van der Waals surface area contributed by atoms with Crippen molar-refractivity contribution in [3.05, 3.63) is 0 Å². The Labute approximate surface area is 92.9 Å². The van der Waals surface area contributed by atoms with Crippen molar-refractivity contribution >= 4 is 0 Å². The Morgan fingerprint density at radius 1 is 1.27 bits per heavy atom. The standard InChI is InChI=1S/C11H25NO3/c1-4-5-12(6-7-13)8-11(14)9-15-10(2)3/h10-11,13-14H,4-9H2,1-3H3/t11-/m0/s1. The third-order valence-electron chi connectivity index (χ3n) is 2.05. The van der Waals surface area contributed by atoms with Crippen LogP contribution in [0.25, 0.3) is 0 Å². The second kappa shape index (κ2) is 9.09. The van der Waals surface area contributed by atoms with Crippen LogP contribution in [0.2, 0.25) is 0 Å². The van der Waals surface area contributed by atoms with Gasteiger partial charge in [0.2, 0.25) is 0 Å². The van der Waals surface area contributed by atoms with Gasteiger partial charge in [0.25, 0.3) is 0 Å². The highest BCUT2D eigenvalue weighted by Crippen LogP contribution is 1.97. The summed E-state index contributed by atoms with van der Waals surface area (Å²) in [7, 11) is 0. The van der Waals surface area contributed by atoms with Gasteiger partial charge < -0.3 is 14.9 Å². The van der Waals surface area contributed by atoms with Crippen molar-refractivity contribution in [3.63, 3.8) is 0 Å². The molecular weight excluding hydrogens is 194 g/mol. The monoisotopic (exact) mass is 219 g/mol. The SMILES string of the molecule is CCCN(CCO)C[C@H](O)COC(C)C. The maximum absolute atomic E-state index is 9.67. The van der Waals surface area contributed by atoms with E-state index in [4.69, 9.17) is 9.84 Å². The molecule has 15 heavy (non-hydrogen) atoms. The van der Waals surface area contributed by atoms with Gasteiger partial charge in [0.1, 0.15) is 0 Å². The molecule has 0 bridgehead atoms. The summed E-state index contributed by atoms with van der Waals surface area (Å²) in [5.41, 5.74) is 0. The first-order chi connectivity index (χ1) is 7.10. The minimum Gasteiger partial charge on any atom is -0.395 e. The van der Waals surface area contributed by atoms with E-state index in [1.165, 1.54) is 0 Å². The third kappa shape index (κ3) is 8.81. The van der Waals surface area contributed by atoms with Gasteiger partial charge in [0.05, 0.1) is 25.4 Å². The average Bonchev–Trinajstić information content (AvgIpc) is 2.15. The number of rotatable bonds is 9. The molecule has 0 fully saturated rings. The van der Waals surface area contributed by atoms with E-state index in [2.05, 4.69) is 6.92 Å². The van der Waals surface area contributed by atoms with Gasteiger partial charge in [0, 0.05) is 13.1 Å².